The average molecular weight is 368 g/mol. The minimum Gasteiger partial charge on any atom is -0.496 e. The molecule has 130 valence electrons. The Kier molecular flexibility index (Phi) is 6.68. The monoisotopic (exact) mass is 368 g/mol. The van der Waals surface area contributed by atoms with Crippen LogP contribution in [-0.4, -0.2) is 59.6 Å². The predicted molar refractivity (Wildman–Crippen MR) is 81.8 cm³/mol. The van der Waals surface area contributed by atoms with Gasteiger partial charge in [-0.2, -0.15) is 17.7 Å². The molecule has 0 radical (unpaired) electrons. The fourth-order valence-electron chi connectivity index (χ4n) is 1.33. The van der Waals surface area contributed by atoms with Gasteiger partial charge >= 0.3 is 16.2 Å². The summed E-state index contributed by atoms with van der Waals surface area (Å²) in [5, 5.41) is 2.19. The van der Waals surface area contributed by atoms with Crippen LogP contribution in [0.25, 0.3) is 0 Å². The van der Waals surface area contributed by atoms with Gasteiger partial charge in [-0.15, -0.1) is 0 Å². The van der Waals surface area contributed by atoms with Crippen molar-refractivity contribution >= 4 is 33.1 Å². The van der Waals surface area contributed by atoms with Crippen molar-refractivity contribution in [2.24, 2.45) is 0 Å². The number of hydrogen-bond acceptors (Lipinski definition) is 7. The molecule has 11 nitrogen and oxygen atoms in total. The normalized spacial score (nSPS) is 12.6. The fraction of sp³-hybridized carbons (Fsp3) is 0.400. The van der Waals surface area contributed by atoms with Crippen LogP contribution in [0, 0.1) is 0 Å². The molecule has 1 heterocycles. The number of pyridine rings is 1. The molecule has 13 heteroatoms. The third kappa shape index (κ3) is 5.97. The molecule has 0 aliphatic heterocycles. The van der Waals surface area contributed by atoms with Crippen LogP contribution in [0.1, 0.15) is 0 Å². The summed E-state index contributed by atoms with van der Waals surface area (Å²) in [6.07, 6.45) is 0. The molecule has 0 aromatic carbocycles. The minimum atomic E-state index is -4.28. The Morgan fingerprint density at radius 1 is 1.39 bits per heavy atom. The summed E-state index contributed by atoms with van der Waals surface area (Å²) in [7, 11) is -0.483. The largest absolute Gasteiger partial charge is 0.496 e. The van der Waals surface area contributed by atoms with Crippen LogP contribution in [0.15, 0.2) is 12.1 Å². The number of carbonyl (C=O) groups excluding carboxylic acids is 1. The van der Waals surface area contributed by atoms with Gasteiger partial charge in [0.05, 0.1) is 14.2 Å². The quantitative estimate of drug-likeness (QED) is 0.550. The van der Waals surface area contributed by atoms with E-state index in [2.05, 4.69) is 10.3 Å². The first-order chi connectivity index (χ1) is 10.7. The zero-order chi connectivity index (χ0) is 17.6. The van der Waals surface area contributed by atoms with E-state index in [9.17, 15) is 17.4 Å². The summed E-state index contributed by atoms with van der Waals surface area (Å²) in [5.74, 6) is -0.214. The molecule has 0 saturated carbocycles. The number of hydrogen-bond donors (Lipinski definition) is 3. The van der Waals surface area contributed by atoms with E-state index in [-0.39, 0.29) is 11.7 Å². The van der Waals surface area contributed by atoms with Crippen molar-refractivity contribution in [3.63, 3.8) is 0 Å². The molecule has 0 spiro atoms. The lowest BCUT2D eigenvalue weighted by atomic mass is 10.4. The van der Waals surface area contributed by atoms with Gasteiger partial charge in [-0.05, 0) is 0 Å². The summed E-state index contributed by atoms with van der Waals surface area (Å²) in [5.41, 5.74) is 0. The highest BCUT2D eigenvalue weighted by Crippen LogP contribution is 2.21. The van der Waals surface area contributed by atoms with Crippen LogP contribution in [0.4, 0.5) is 10.6 Å². The first-order valence-electron chi connectivity index (χ1n) is 5.90. The van der Waals surface area contributed by atoms with E-state index < -0.39 is 33.2 Å². The third-order valence-electron chi connectivity index (χ3n) is 2.39. The SMILES string of the molecule is COc1cc(NC(=O)NS(=O)(=O)N(C)CS(=O)O)nc(OC)c1. The molecule has 0 saturated heterocycles. The number of ether oxygens (including phenoxy) is 2. The lowest BCUT2D eigenvalue weighted by Crippen LogP contribution is -2.44. The van der Waals surface area contributed by atoms with Gasteiger partial charge in [0.15, 0.2) is 11.1 Å². The van der Waals surface area contributed by atoms with Gasteiger partial charge in [-0.1, -0.05) is 0 Å². The highest BCUT2D eigenvalue weighted by molar-refractivity contribution is 7.88. The molecule has 0 aliphatic carbocycles. The number of amides is 2. The number of aromatic nitrogens is 1. The molecule has 1 rings (SSSR count). The first-order valence-corrected chi connectivity index (χ1v) is 8.62. The van der Waals surface area contributed by atoms with E-state index in [0.717, 1.165) is 7.05 Å². The third-order valence-corrected chi connectivity index (χ3v) is 4.55. The van der Waals surface area contributed by atoms with Gasteiger partial charge in [-0.25, -0.2) is 13.7 Å². The van der Waals surface area contributed by atoms with E-state index in [1.807, 2.05) is 0 Å². The van der Waals surface area contributed by atoms with Crippen LogP contribution in [-0.2, 0) is 21.3 Å². The summed E-state index contributed by atoms with van der Waals surface area (Å²) in [6.45, 7) is 0. The minimum absolute atomic E-state index is 0.0118. The van der Waals surface area contributed by atoms with E-state index in [1.54, 1.807) is 4.72 Å². The second kappa shape index (κ2) is 8.05. The molecule has 3 N–H and O–H groups in total. The number of rotatable bonds is 7. The maximum Gasteiger partial charge on any atom is 0.335 e. The number of nitrogens with zero attached hydrogens (tertiary/aromatic N) is 2. The van der Waals surface area contributed by atoms with Crippen molar-refractivity contribution in [2.75, 3.05) is 32.5 Å². The predicted octanol–water partition coefficient (Wildman–Crippen LogP) is -0.424. The Morgan fingerprint density at radius 3 is 2.57 bits per heavy atom. The molecule has 1 aromatic rings. The zero-order valence-electron chi connectivity index (χ0n) is 12.5. The zero-order valence-corrected chi connectivity index (χ0v) is 14.1. The number of urea groups is 1. The maximum atomic E-state index is 11.8. The van der Waals surface area contributed by atoms with Crippen LogP contribution in [0.5, 0.6) is 11.6 Å². The Bertz CT molecular complexity index is 672. The maximum absolute atomic E-state index is 11.8. The van der Waals surface area contributed by atoms with Gasteiger partial charge in [0.2, 0.25) is 5.88 Å². The van der Waals surface area contributed by atoms with Crippen molar-refractivity contribution in [1.29, 1.82) is 0 Å². The second-order valence-electron chi connectivity index (χ2n) is 4.04. The van der Waals surface area contributed by atoms with Crippen molar-refractivity contribution in [1.82, 2.24) is 14.0 Å². The molecule has 23 heavy (non-hydrogen) atoms. The van der Waals surface area contributed by atoms with Crippen molar-refractivity contribution in [3.8, 4) is 11.6 Å². The Hall–Kier alpha value is -1.96. The Morgan fingerprint density at radius 2 is 2.04 bits per heavy atom. The van der Waals surface area contributed by atoms with E-state index in [1.165, 1.54) is 26.4 Å². The summed E-state index contributed by atoms with van der Waals surface area (Å²) in [4.78, 5) is 15.6. The van der Waals surface area contributed by atoms with Gasteiger partial charge < -0.3 is 14.0 Å². The standard InChI is InChI=1S/C10H16N4O7S2/c1-14(6-22(16)17)23(18,19)13-10(15)12-8-4-7(20-2)5-9(11-8)21-3/h4-5H,6H2,1-3H3,(H,16,17)(H2,11,12,13,15). The number of carbonyl (C=O) groups is 1. The van der Waals surface area contributed by atoms with Gasteiger partial charge in [-0.3, -0.25) is 5.32 Å². The molecular weight excluding hydrogens is 352 g/mol. The molecular formula is C10H16N4O7S2. The van der Waals surface area contributed by atoms with Gasteiger partial charge in [0.25, 0.3) is 0 Å². The summed E-state index contributed by atoms with van der Waals surface area (Å²) < 4.78 is 54.9. The highest BCUT2D eigenvalue weighted by atomic mass is 32.2. The van der Waals surface area contributed by atoms with E-state index in [4.69, 9.17) is 14.0 Å². The van der Waals surface area contributed by atoms with Crippen molar-refractivity contribution in [2.45, 2.75) is 0 Å². The number of nitrogens with one attached hydrogen (secondary N) is 2. The van der Waals surface area contributed by atoms with Crippen molar-refractivity contribution < 1.29 is 31.4 Å². The highest BCUT2D eigenvalue weighted by Gasteiger charge is 2.22. The molecule has 1 aromatic heterocycles. The number of anilines is 1. The Balaban J connectivity index is 2.82. The summed E-state index contributed by atoms with van der Waals surface area (Å²) >= 11 is -2.37. The first kappa shape index (κ1) is 19.1. The van der Waals surface area contributed by atoms with Gasteiger partial charge in [0, 0.05) is 19.2 Å². The van der Waals surface area contributed by atoms with E-state index in [0.29, 0.717) is 10.1 Å². The lowest BCUT2D eigenvalue weighted by molar-refractivity contribution is 0.256. The van der Waals surface area contributed by atoms with E-state index >= 15 is 0 Å². The second-order valence-corrected chi connectivity index (χ2v) is 6.72. The lowest BCUT2D eigenvalue weighted by Gasteiger charge is -2.16. The van der Waals surface area contributed by atoms with Crippen molar-refractivity contribution in [3.05, 3.63) is 12.1 Å². The molecule has 0 bridgehead atoms. The van der Waals surface area contributed by atoms with Gasteiger partial charge in [0.1, 0.15) is 17.4 Å². The molecule has 1 unspecified atom stereocenters. The van der Waals surface area contributed by atoms with Crippen LogP contribution < -0.4 is 19.5 Å². The smallest absolute Gasteiger partial charge is 0.335 e. The van der Waals surface area contributed by atoms with Crippen LogP contribution >= 0.6 is 0 Å². The Labute approximate surface area is 135 Å². The van der Waals surface area contributed by atoms with Crippen LogP contribution in [0.3, 0.4) is 0 Å². The molecule has 1 atom stereocenters. The van der Waals surface area contributed by atoms with Crippen LogP contribution in [0.2, 0.25) is 0 Å². The summed E-state index contributed by atoms with van der Waals surface area (Å²) in [6, 6.07) is 1.70. The number of methoxy groups -OCH3 is 2. The molecule has 0 aliphatic rings. The fourth-order valence-corrected chi connectivity index (χ4v) is 2.91. The topological polar surface area (TPSA) is 147 Å². The molecule has 0 fully saturated rings. The average Bonchev–Trinajstić information content (AvgIpc) is 2.45. The molecule has 2 amide bonds.